The average molecular weight is 426 g/mol. The van der Waals surface area contributed by atoms with Crippen LogP contribution in [0.5, 0.6) is 5.75 Å². The molecule has 0 aliphatic carbocycles. The number of ether oxygens (including phenoxy) is 3. The summed E-state index contributed by atoms with van der Waals surface area (Å²) in [7, 11) is 0. The van der Waals surface area contributed by atoms with E-state index in [0.717, 1.165) is 44.3 Å². The number of hydrogen-bond acceptors (Lipinski definition) is 4. The fraction of sp³-hybridized carbons (Fsp3) is 0.480. The van der Waals surface area contributed by atoms with Crippen LogP contribution in [0.4, 0.5) is 0 Å². The molecule has 1 heterocycles. The molecule has 2 N–H and O–H groups in total. The summed E-state index contributed by atoms with van der Waals surface area (Å²) < 4.78 is 17.2. The van der Waals surface area contributed by atoms with E-state index in [0.29, 0.717) is 32.4 Å². The van der Waals surface area contributed by atoms with Crippen molar-refractivity contribution in [1.29, 1.82) is 0 Å². The molecular weight excluding hydrogens is 390 g/mol. The van der Waals surface area contributed by atoms with Gasteiger partial charge in [-0.3, -0.25) is 0 Å². The van der Waals surface area contributed by atoms with E-state index in [1.54, 1.807) is 0 Å². The van der Waals surface area contributed by atoms with Crippen molar-refractivity contribution in [3.8, 4) is 5.75 Å². The standard InChI is InChI=1S/C25H35N3O3/c1-3-26-25(27-13-16-30-23-9-7-20(2)8-10-23)28-18-21-5-4-6-22(17-21)19-31-24-11-14-29-15-12-24/h4-10,17,24H,3,11-16,18-19H2,1-2H3,(H2,26,27,28). The van der Waals surface area contributed by atoms with Gasteiger partial charge in [-0.15, -0.1) is 0 Å². The molecule has 0 unspecified atom stereocenters. The lowest BCUT2D eigenvalue weighted by atomic mass is 10.1. The highest BCUT2D eigenvalue weighted by Crippen LogP contribution is 2.15. The first-order valence-corrected chi connectivity index (χ1v) is 11.2. The predicted octanol–water partition coefficient (Wildman–Crippen LogP) is 3.82. The van der Waals surface area contributed by atoms with Crippen LogP contribution in [-0.2, 0) is 22.6 Å². The van der Waals surface area contributed by atoms with Gasteiger partial charge in [0.25, 0.3) is 0 Å². The van der Waals surface area contributed by atoms with Crippen molar-refractivity contribution in [1.82, 2.24) is 10.6 Å². The maximum Gasteiger partial charge on any atom is 0.191 e. The van der Waals surface area contributed by atoms with Gasteiger partial charge in [-0.05, 0) is 49.9 Å². The summed E-state index contributed by atoms with van der Waals surface area (Å²) >= 11 is 0. The highest BCUT2D eigenvalue weighted by atomic mass is 16.5. The normalized spacial score (nSPS) is 15.0. The number of rotatable bonds is 10. The Labute approximate surface area is 186 Å². The van der Waals surface area contributed by atoms with Crippen molar-refractivity contribution < 1.29 is 14.2 Å². The van der Waals surface area contributed by atoms with Gasteiger partial charge in [-0.2, -0.15) is 0 Å². The van der Waals surface area contributed by atoms with Crippen molar-refractivity contribution in [2.24, 2.45) is 4.99 Å². The van der Waals surface area contributed by atoms with Crippen LogP contribution >= 0.6 is 0 Å². The van der Waals surface area contributed by atoms with Gasteiger partial charge < -0.3 is 24.8 Å². The molecule has 6 heteroatoms. The number of aryl methyl sites for hydroxylation is 1. The zero-order chi connectivity index (χ0) is 21.7. The number of aliphatic imine (C=N–C) groups is 1. The van der Waals surface area contributed by atoms with Gasteiger partial charge in [0.15, 0.2) is 5.96 Å². The van der Waals surface area contributed by atoms with Crippen LogP contribution in [0.2, 0.25) is 0 Å². The highest BCUT2D eigenvalue weighted by Gasteiger charge is 2.14. The molecule has 1 aliphatic rings. The number of hydrogen-bond donors (Lipinski definition) is 2. The number of benzene rings is 2. The van der Waals surface area contributed by atoms with Gasteiger partial charge in [-0.25, -0.2) is 4.99 Å². The molecule has 6 nitrogen and oxygen atoms in total. The highest BCUT2D eigenvalue weighted by molar-refractivity contribution is 5.79. The molecule has 1 fully saturated rings. The van der Waals surface area contributed by atoms with E-state index in [1.165, 1.54) is 16.7 Å². The Morgan fingerprint density at radius 2 is 1.84 bits per heavy atom. The third-order valence-corrected chi connectivity index (χ3v) is 5.09. The second kappa shape index (κ2) is 13.0. The van der Waals surface area contributed by atoms with E-state index >= 15 is 0 Å². The topological polar surface area (TPSA) is 64.1 Å². The van der Waals surface area contributed by atoms with Gasteiger partial charge in [0.1, 0.15) is 12.4 Å². The molecule has 0 radical (unpaired) electrons. The summed E-state index contributed by atoms with van der Waals surface area (Å²) in [6.07, 6.45) is 2.27. The van der Waals surface area contributed by atoms with Crippen LogP contribution in [0.1, 0.15) is 36.5 Å². The minimum absolute atomic E-state index is 0.308. The van der Waals surface area contributed by atoms with Gasteiger partial charge in [0.2, 0.25) is 0 Å². The molecule has 1 saturated heterocycles. The molecule has 0 atom stereocenters. The number of nitrogens with zero attached hydrogens (tertiary/aromatic N) is 1. The van der Waals surface area contributed by atoms with Crippen LogP contribution < -0.4 is 15.4 Å². The van der Waals surface area contributed by atoms with Crippen LogP contribution in [0.3, 0.4) is 0 Å². The van der Waals surface area contributed by atoms with Crippen molar-refractivity contribution in [2.75, 3.05) is 32.9 Å². The SMILES string of the molecule is CCNC(=NCc1cccc(COC2CCOCC2)c1)NCCOc1ccc(C)cc1. The van der Waals surface area contributed by atoms with Gasteiger partial charge in [-0.1, -0.05) is 42.0 Å². The minimum Gasteiger partial charge on any atom is -0.492 e. The van der Waals surface area contributed by atoms with E-state index in [2.05, 4.69) is 60.9 Å². The molecule has 1 aliphatic heterocycles. The largest absolute Gasteiger partial charge is 0.492 e. The summed E-state index contributed by atoms with van der Waals surface area (Å²) in [5.74, 6) is 1.67. The molecule has 2 aromatic rings. The average Bonchev–Trinajstić information content (AvgIpc) is 2.81. The van der Waals surface area contributed by atoms with Crippen LogP contribution in [0.25, 0.3) is 0 Å². The maximum atomic E-state index is 6.04. The van der Waals surface area contributed by atoms with E-state index in [-0.39, 0.29) is 0 Å². The second-order valence-electron chi connectivity index (χ2n) is 7.73. The van der Waals surface area contributed by atoms with E-state index in [4.69, 9.17) is 19.2 Å². The number of nitrogens with one attached hydrogen (secondary N) is 2. The molecular formula is C25H35N3O3. The molecule has 168 valence electrons. The first kappa shape index (κ1) is 23.1. The third-order valence-electron chi connectivity index (χ3n) is 5.09. The fourth-order valence-corrected chi connectivity index (χ4v) is 3.36. The van der Waals surface area contributed by atoms with Gasteiger partial charge >= 0.3 is 0 Å². The monoisotopic (exact) mass is 425 g/mol. The second-order valence-corrected chi connectivity index (χ2v) is 7.73. The Kier molecular flexibility index (Phi) is 9.67. The fourth-order valence-electron chi connectivity index (χ4n) is 3.36. The van der Waals surface area contributed by atoms with Crippen molar-refractivity contribution in [3.05, 3.63) is 65.2 Å². The Bertz CT molecular complexity index is 802. The zero-order valence-electron chi connectivity index (χ0n) is 18.7. The molecule has 3 rings (SSSR count). The first-order valence-electron chi connectivity index (χ1n) is 11.2. The minimum atomic E-state index is 0.308. The zero-order valence-corrected chi connectivity index (χ0v) is 18.7. The van der Waals surface area contributed by atoms with Crippen molar-refractivity contribution in [2.45, 2.75) is 45.9 Å². The molecule has 0 bridgehead atoms. The molecule has 0 aromatic heterocycles. The van der Waals surface area contributed by atoms with E-state index in [1.807, 2.05) is 12.1 Å². The van der Waals surface area contributed by atoms with Crippen molar-refractivity contribution >= 4 is 5.96 Å². The summed E-state index contributed by atoms with van der Waals surface area (Å²) in [5.41, 5.74) is 3.58. The lowest BCUT2D eigenvalue weighted by molar-refractivity contribution is -0.0390. The van der Waals surface area contributed by atoms with E-state index < -0.39 is 0 Å². The van der Waals surface area contributed by atoms with Crippen molar-refractivity contribution in [3.63, 3.8) is 0 Å². The summed E-state index contributed by atoms with van der Waals surface area (Å²) in [6.45, 7) is 9.05. The lowest BCUT2D eigenvalue weighted by Crippen LogP contribution is -2.39. The van der Waals surface area contributed by atoms with Gasteiger partial charge in [0.05, 0.1) is 25.8 Å². The Balaban J connectivity index is 1.44. The lowest BCUT2D eigenvalue weighted by Gasteiger charge is -2.22. The first-order chi connectivity index (χ1) is 15.2. The van der Waals surface area contributed by atoms with Gasteiger partial charge in [0, 0.05) is 19.8 Å². The third kappa shape index (κ3) is 8.59. The Hall–Kier alpha value is -2.57. The molecule has 0 spiro atoms. The van der Waals surface area contributed by atoms with E-state index in [9.17, 15) is 0 Å². The van der Waals surface area contributed by atoms with Crippen LogP contribution in [0.15, 0.2) is 53.5 Å². The molecule has 31 heavy (non-hydrogen) atoms. The molecule has 0 amide bonds. The summed E-state index contributed by atoms with van der Waals surface area (Å²) in [6, 6.07) is 16.6. The quantitative estimate of drug-likeness (QED) is 0.344. The molecule has 0 saturated carbocycles. The Morgan fingerprint density at radius 1 is 1.06 bits per heavy atom. The Morgan fingerprint density at radius 3 is 2.61 bits per heavy atom. The maximum absolute atomic E-state index is 6.04. The summed E-state index contributed by atoms with van der Waals surface area (Å²) in [4.78, 5) is 4.71. The van der Waals surface area contributed by atoms with Crippen LogP contribution in [-0.4, -0.2) is 45.0 Å². The predicted molar refractivity (Wildman–Crippen MR) is 125 cm³/mol. The van der Waals surface area contributed by atoms with Crippen LogP contribution in [0, 0.1) is 6.92 Å². The smallest absolute Gasteiger partial charge is 0.191 e. The number of guanidine groups is 1. The summed E-state index contributed by atoms with van der Waals surface area (Å²) in [5, 5.41) is 6.62. The molecule has 2 aromatic carbocycles.